The van der Waals surface area contributed by atoms with Crippen molar-refractivity contribution in [1.29, 1.82) is 0 Å². The monoisotopic (exact) mass is 389 g/mol. The minimum absolute atomic E-state index is 0.0225. The van der Waals surface area contributed by atoms with Crippen LogP contribution in [0.15, 0.2) is 72.4 Å². The van der Waals surface area contributed by atoms with E-state index in [0.29, 0.717) is 0 Å². The molecule has 5 nitrogen and oxygen atoms in total. The summed E-state index contributed by atoms with van der Waals surface area (Å²) in [7, 11) is 0. The summed E-state index contributed by atoms with van der Waals surface area (Å²) in [6.45, 7) is 6.07. The second kappa shape index (κ2) is 8.95. The van der Waals surface area contributed by atoms with Crippen LogP contribution in [0.25, 0.3) is 0 Å². The van der Waals surface area contributed by atoms with Crippen LogP contribution in [0, 0.1) is 0 Å². The van der Waals surface area contributed by atoms with Gasteiger partial charge in [-0.25, -0.2) is 0 Å². The van der Waals surface area contributed by atoms with Gasteiger partial charge in [-0.1, -0.05) is 24.8 Å². The molecule has 1 unspecified atom stereocenters. The van der Waals surface area contributed by atoms with Crippen LogP contribution >= 0.6 is 0 Å². The highest BCUT2D eigenvalue weighted by atomic mass is 16.5. The summed E-state index contributed by atoms with van der Waals surface area (Å²) >= 11 is 0. The lowest BCUT2D eigenvalue weighted by Gasteiger charge is -2.29. The van der Waals surface area contributed by atoms with E-state index < -0.39 is 0 Å². The molecule has 1 saturated heterocycles. The lowest BCUT2D eigenvalue weighted by molar-refractivity contribution is -0.126. The Morgan fingerprint density at radius 2 is 1.79 bits per heavy atom. The lowest BCUT2D eigenvalue weighted by Crippen LogP contribution is -2.41. The van der Waals surface area contributed by atoms with Gasteiger partial charge >= 0.3 is 0 Å². The van der Waals surface area contributed by atoms with E-state index >= 15 is 0 Å². The number of amides is 1. The molecule has 2 heterocycles. The third-order valence-electron chi connectivity index (χ3n) is 5.55. The van der Waals surface area contributed by atoms with E-state index in [0.717, 1.165) is 68.1 Å². The average molecular weight is 389 g/mol. The zero-order valence-electron chi connectivity index (χ0n) is 16.7. The van der Waals surface area contributed by atoms with Gasteiger partial charge in [-0.2, -0.15) is 5.10 Å². The Labute approximate surface area is 172 Å². The molecule has 150 valence electrons. The van der Waals surface area contributed by atoms with Gasteiger partial charge in [0.15, 0.2) is 0 Å². The first-order chi connectivity index (χ1) is 14.2. The Kier molecular flexibility index (Phi) is 5.94. The summed E-state index contributed by atoms with van der Waals surface area (Å²) in [6.07, 6.45) is 5.58. The minimum Gasteiger partial charge on any atom is -0.457 e. The maximum atomic E-state index is 12.1. The molecule has 2 aromatic rings. The second-order valence-corrected chi connectivity index (χ2v) is 7.54. The molecule has 1 fully saturated rings. The number of carbonyl (C=O) groups is 1. The van der Waals surface area contributed by atoms with Gasteiger partial charge in [0.05, 0.1) is 11.8 Å². The molecule has 0 aromatic heterocycles. The van der Waals surface area contributed by atoms with Gasteiger partial charge in [0.1, 0.15) is 11.5 Å². The first-order valence-electron chi connectivity index (χ1n) is 10.3. The fraction of sp³-hybridized carbons (Fsp3) is 0.333. The maximum Gasteiger partial charge on any atom is 0.246 e. The number of ether oxygens (including phenoxy) is 1. The molecule has 2 aliphatic rings. The Balaban J connectivity index is 1.42. The van der Waals surface area contributed by atoms with Crippen LogP contribution in [0.3, 0.4) is 0 Å². The third-order valence-corrected chi connectivity index (χ3v) is 5.55. The van der Waals surface area contributed by atoms with Gasteiger partial charge < -0.3 is 9.64 Å². The van der Waals surface area contributed by atoms with Crippen molar-refractivity contribution in [3.05, 3.63) is 72.8 Å². The van der Waals surface area contributed by atoms with E-state index in [1.807, 2.05) is 47.4 Å². The predicted molar refractivity (Wildman–Crippen MR) is 115 cm³/mol. The van der Waals surface area contributed by atoms with Gasteiger partial charge in [0.25, 0.3) is 0 Å². The normalized spacial score (nSPS) is 19.4. The molecule has 0 saturated carbocycles. The number of para-hydroxylation sites is 1. The number of hydrogen-bond donors (Lipinski definition) is 0. The first kappa shape index (κ1) is 19.2. The Morgan fingerprint density at radius 3 is 2.55 bits per heavy atom. The minimum atomic E-state index is 0.0225. The van der Waals surface area contributed by atoms with Crippen molar-refractivity contribution in [2.75, 3.05) is 19.6 Å². The fourth-order valence-electron chi connectivity index (χ4n) is 3.97. The molecule has 4 rings (SSSR count). The zero-order chi connectivity index (χ0) is 20.1. The van der Waals surface area contributed by atoms with Crippen molar-refractivity contribution in [2.24, 2.45) is 5.10 Å². The molecular formula is C24H27N3O2. The molecule has 5 heteroatoms. The van der Waals surface area contributed by atoms with E-state index in [4.69, 9.17) is 9.84 Å². The van der Waals surface area contributed by atoms with Crippen molar-refractivity contribution in [3.63, 3.8) is 0 Å². The van der Waals surface area contributed by atoms with Gasteiger partial charge in [-0.05, 0) is 67.3 Å². The van der Waals surface area contributed by atoms with Crippen LogP contribution < -0.4 is 4.74 Å². The number of benzene rings is 2. The molecule has 2 aliphatic heterocycles. The topological polar surface area (TPSA) is 45.1 Å². The second-order valence-electron chi connectivity index (χ2n) is 7.54. The number of nitrogens with zero attached hydrogens (tertiary/aromatic N) is 3. The van der Waals surface area contributed by atoms with Crippen LogP contribution in [-0.4, -0.2) is 47.2 Å². The van der Waals surface area contributed by atoms with Crippen LogP contribution in [0.2, 0.25) is 0 Å². The van der Waals surface area contributed by atoms with Crippen LogP contribution in [0.5, 0.6) is 11.5 Å². The van der Waals surface area contributed by atoms with Crippen LogP contribution in [0.4, 0.5) is 0 Å². The number of rotatable bonds is 5. The number of hydrazone groups is 1. The highest BCUT2D eigenvalue weighted by Crippen LogP contribution is 2.25. The third kappa shape index (κ3) is 4.67. The summed E-state index contributed by atoms with van der Waals surface area (Å²) < 4.78 is 5.88. The quantitative estimate of drug-likeness (QED) is 0.710. The van der Waals surface area contributed by atoms with E-state index in [1.54, 1.807) is 0 Å². The van der Waals surface area contributed by atoms with Crippen LogP contribution in [-0.2, 0) is 4.79 Å². The Morgan fingerprint density at radius 1 is 1.03 bits per heavy atom. The summed E-state index contributed by atoms with van der Waals surface area (Å²) in [4.78, 5) is 14.0. The van der Waals surface area contributed by atoms with Crippen LogP contribution in [0.1, 0.15) is 31.2 Å². The molecule has 0 spiro atoms. The molecule has 2 aromatic carbocycles. The molecule has 0 bridgehead atoms. The van der Waals surface area contributed by atoms with Gasteiger partial charge in [-0.15, -0.1) is 0 Å². The van der Waals surface area contributed by atoms with Gasteiger partial charge in [-0.3, -0.25) is 9.80 Å². The molecule has 0 N–H and O–H groups in total. The Bertz CT molecular complexity index is 877. The first-order valence-corrected chi connectivity index (χ1v) is 10.3. The van der Waals surface area contributed by atoms with Crippen molar-refractivity contribution >= 4 is 11.6 Å². The number of likely N-dealkylation sites (tertiary alicyclic amines) is 1. The zero-order valence-corrected chi connectivity index (χ0v) is 16.7. The molecule has 0 radical (unpaired) electrons. The molecule has 0 aliphatic carbocycles. The molecule has 1 atom stereocenters. The van der Waals surface area contributed by atoms with E-state index in [1.165, 1.54) is 6.08 Å². The largest absolute Gasteiger partial charge is 0.457 e. The average Bonchev–Trinajstić information content (AvgIpc) is 3.12. The fourth-order valence-corrected chi connectivity index (χ4v) is 3.97. The van der Waals surface area contributed by atoms with Crippen molar-refractivity contribution < 1.29 is 9.53 Å². The predicted octanol–water partition coefficient (Wildman–Crippen LogP) is 4.46. The summed E-state index contributed by atoms with van der Waals surface area (Å²) in [5.41, 5.74) is 2.22. The van der Waals surface area contributed by atoms with Crippen molar-refractivity contribution in [3.8, 4) is 11.5 Å². The standard InChI is InChI=1S/C24H27N3O2/c1-2-24(28)26-16-7-6-8-20(18-26)27-17-15-23(25-27)19-11-13-22(14-12-19)29-21-9-4-3-5-10-21/h2-5,9-14,20H,1,6-8,15-18H2. The van der Waals surface area contributed by atoms with E-state index in [2.05, 4.69) is 23.7 Å². The highest BCUT2D eigenvalue weighted by molar-refractivity contribution is 6.01. The Hall–Kier alpha value is -3.08. The SMILES string of the molecule is C=CC(=O)N1CCCCC(N2CCC(c3ccc(Oc4ccccc4)cc3)=N2)C1. The lowest BCUT2D eigenvalue weighted by atomic mass is 10.1. The van der Waals surface area contributed by atoms with Crippen molar-refractivity contribution in [1.82, 2.24) is 9.91 Å². The summed E-state index contributed by atoms with van der Waals surface area (Å²) in [5.74, 6) is 1.67. The molecular weight excluding hydrogens is 362 g/mol. The number of hydrogen-bond acceptors (Lipinski definition) is 4. The van der Waals surface area contributed by atoms with E-state index in [9.17, 15) is 4.79 Å². The molecule has 29 heavy (non-hydrogen) atoms. The smallest absolute Gasteiger partial charge is 0.246 e. The summed E-state index contributed by atoms with van der Waals surface area (Å²) in [6, 6.07) is 18.2. The van der Waals surface area contributed by atoms with Gasteiger partial charge in [0.2, 0.25) is 5.91 Å². The summed E-state index contributed by atoms with van der Waals surface area (Å²) in [5, 5.41) is 7.08. The van der Waals surface area contributed by atoms with Crippen molar-refractivity contribution in [2.45, 2.75) is 31.7 Å². The van der Waals surface area contributed by atoms with E-state index in [-0.39, 0.29) is 11.9 Å². The molecule has 1 amide bonds. The van der Waals surface area contributed by atoms with Gasteiger partial charge in [0, 0.05) is 26.1 Å². The maximum absolute atomic E-state index is 12.1. The number of carbonyl (C=O) groups excluding carboxylic acids is 1. The highest BCUT2D eigenvalue weighted by Gasteiger charge is 2.28.